The van der Waals surface area contributed by atoms with Crippen LogP contribution in [0.2, 0.25) is 0 Å². The van der Waals surface area contributed by atoms with E-state index < -0.39 is 0 Å². The molecule has 0 unspecified atom stereocenters. The molecule has 0 atom stereocenters. The highest BCUT2D eigenvalue weighted by Crippen LogP contribution is 2.08. The minimum atomic E-state index is -0.0174. The van der Waals surface area contributed by atoms with Crippen LogP contribution in [-0.4, -0.2) is 23.4 Å². The van der Waals surface area contributed by atoms with Gasteiger partial charge in [-0.1, -0.05) is 0 Å². The molecule has 2 nitrogen and oxygen atoms in total. The molecule has 54 valence electrons. The molecule has 0 radical (unpaired) electrons. The van der Waals surface area contributed by atoms with Crippen molar-refractivity contribution in [1.29, 1.82) is 0 Å². The lowest BCUT2D eigenvalue weighted by Gasteiger charge is -2.30. The van der Waals surface area contributed by atoms with Gasteiger partial charge in [-0.15, -0.1) is 0 Å². The zero-order valence-corrected chi connectivity index (χ0v) is 6.64. The Labute approximate surface area is 56.9 Å². The molecule has 0 heterocycles. The molecule has 1 amide bonds. The number of carbonyl (C=O) groups is 1. The minimum absolute atomic E-state index is 0.0174. The van der Waals surface area contributed by atoms with Crippen LogP contribution in [0.15, 0.2) is 0 Å². The zero-order valence-electron chi connectivity index (χ0n) is 6.64. The minimum Gasteiger partial charge on any atom is -0.341 e. The Morgan fingerprint density at radius 1 is 1.44 bits per heavy atom. The Balaban J connectivity index is 3.94. The van der Waals surface area contributed by atoms with E-state index in [1.807, 2.05) is 27.7 Å². The SMILES string of the molecule is CCN(C=O)C(C)(C)C. The van der Waals surface area contributed by atoms with Crippen molar-refractivity contribution in [1.82, 2.24) is 4.90 Å². The monoisotopic (exact) mass is 129 g/mol. The third kappa shape index (κ3) is 2.49. The van der Waals surface area contributed by atoms with E-state index in [9.17, 15) is 4.79 Å². The molecule has 0 saturated carbocycles. The fourth-order valence-corrected chi connectivity index (χ4v) is 0.707. The second kappa shape index (κ2) is 2.85. The number of amides is 1. The van der Waals surface area contributed by atoms with Crippen molar-refractivity contribution < 1.29 is 4.79 Å². The first-order chi connectivity index (χ1) is 4.02. The zero-order chi connectivity index (χ0) is 7.49. The molecule has 0 aliphatic rings. The molecule has 0 aliphatic heterocycles. The molecule has 0 N–H and O–H groups in total. The molecule has 0 rings (SSSR count). The summed E-state index contributed by atoms with van der Waals surface area (Å²) < 4.78 is 0. The van der Waals surface area contributed by atoms with E-state index in [0.29, 0.717) is 0 Å². The van der Waals surface area contributed by atoms with Gasteiger partial charge in [-0.25, -0.2) is 0 Å². The van der Waals surface area contributed by atoms with E-state index >= 15 is 0 Å². The van der Waals surface area contributed by atoms with E-state index in [1.54, 1.807) is 4.90 Å². The van der Waals surface area contributed by atoms with Gasteiger partial charge >= 0.3 is 0 Å². The van der Waals surface area contributed by atoms with Crippen molar-refractivity contribution in [3.63, 3.8) is 0 Å². The molecule has 2 heteroatoms. The van der Waals surface area contributed by atoms with E-state index in [2.05, 4.69) is 0 Å². The third-order valence-corrected chi connectivity index (χ3v) is 1.33. The van der Waals surface area contributed by atoms with E-state index in [1.165, 1.54) is 0 Å². The van der Waals surface area contributed by atoms with Crippen LogP contribution in [0.25, 0.3) is 0 Å². The number of hydrogen-bond acceptors (Lipinski definition) is 1. The molecule has 0 spiro atoms. The Morgan fingerprint density at radius 3 is 1.89 bits per heavy atom. The van der Waals surface area contributed by atoms with Gasteiger partial charge in [-0.05, 0) is 27.7 Å². The van der Waals surface area contributed by atoms with Gasteiger partial charge in [0.1, 0.15) is 0 Å². The molecule has 0 saturated heterocycles. The van der Waals surface area contributed by atoms with Gasteiger partial charge in [0.05, 0.1) is 0 Å². The first-order valence-corrected chi connectivity index (χ1v) is 3.24. The first-order valence-electron chi connectivity index (χ1n) is 3.24. The van der Waals surface area contributed by atoms with Gasteiger partial charge in [-0.3, -0.25) is 4.79 Å². The topological polar surface area (TPSA) is 20.3 Å². The summed E-state index contributed by atoms with van der Waals surface area (Å²) in [6, 6.07) is 0. The molecular formula is C7H15NO. The quantitative estimate of drug-likeness (QED) is 0.514. The lowest BCUT2D eigenvalue weighted by atomic mass is 10.1. The van der Waals surface area contributed by atoms with Crippen LogP contribution in [0.1, 0.15) is 27.7 Å². The molecule has 0 aromatic carbocycles. The van der Waals surface area contributed by atoms with Crippen LogP contribution in [-0.2, 0) is 4.79 Å². The summed E-state index contributed by atoms with van der Waals surface area (Å²) in [5.41, 5.74) is -0.0174. The van der Waals surface area contributed by atoms with Gasteiger partial charge in [-0.2, -0.15) is 0 Å². The van der Waals surface area contributed by atoms with Crippen molar-refractivity contribution in [2.75, 3.05) is 6.54 Å². The number of carbonyl (C=O) groups excluding carboxylic acids is 1. The van der Waals surface area contributed by atoms with Gasteiger partial charge in [0, 0.05) is 12.1 Å². The van der Waals surface area contributed by atoms with Crippen molar-refractivity contribution in [3.05, 3.63) is 0 Å². The Morgan fingerprint density at radius 2 is 1.89 bits per heavy atom. The highest BCUT2D eigenvalue weighted by Gasteiger charge is 2.16. The Hall–Kier alpha value is -0.530. The Bertz CT molecular complexity index is 93.6. The fourth-order valence-electron chi connectivity index (χ4n) is 0.707. The van der Waals surface area contributed by atoms with Crippen molar-refractivity contribution in [2.24, 2.45) is 0 Å². The molecule has 0 aliphatic carbocycles. The van der Waals surface area contributed by atoms with Crippen LogP contribution in [0.5, 0.6) is 0 Å². The standard InChI is InChI=1S/C7H15NO/c1-5-8(6-9)7(2,3)4/h6H,5H2,1-4H3. The van der Waals surface area contributed by atoms with Gasteiger partial charge in [0.15, 0.2) is 0 Å². The molecule has 9 heavy (non-hydrogen) atoms. The second-order valence-corrected chi connectivity index (χ2v) is 3.06. The largest absolute Gasteiger partial charge is 0.341 e. The maximum atomic E-state index is 10.3. The third-order valence-electron chi connectivity index (χ3n) is 1.33. The average molecular weight is 129 g/mol. The average Bonchev–Trinajstić information content (AvgIpc) is 1.65. The molecule has 0 aromatic heterocycles. The normalized spacial score (nSPS) is 11.1. The molecule has 0 bridgehead atoms. The summed E-state index contributed by atoms with van der Waals surface area (Å²) in [5.74, 6) is 0. The van der Waals surface area contributed by atoms with Gasteiger partial charge in [0.25, 0.3) is 0 Å². The summed E-state index contributed by atoms with van der Waals surface area (Å²) in [4.78, 5) is 12.1. The summed E-state index contributed by atoms with van der Waals surface area (Å²) >= 11 is 0. The van der Waals surface area contributed by atoms with Crippen molar-refractivity contribution >= 4 is 6.41 Å². The predicted molar refractivity (Wildman–Crippen MR) is 38.2 cm³/mol. The maximum Gasteiger partial charge on any atom is 0.210 e. The smallest absolute Gasteiger partial charge is 0.210 e. The van der Waals surface area contributed by atoms with Crippen molar-refractivity contribution in [2.45, 2.75) is 33.2 Å². The molecular weight excluding hydrogens is 114 g/mol. The van der Waals surface area contributed by atoms with E-state index in [0.717, 1.165) is 13.0 Å². The lowest BCUT2D eigenvalue weighted by Crippen LogP contribution is -2.39. The van der Waals surface area contributed by atoms with Gasteiger partial charge < -0.3 is 4.90 Å². The van der Waals surface area contributed by atoms with Crippen LogP contribution in [0, 0.1) is 0 Å². The van der Waals surface area contributed by atoms with E-state index in [4.69, 9.17) is 0 Å². The van der Waals surface area contributed by atoms with Crippen LogP contribution >= 0.6 is 0 Å². The predicted octanol–water partition coefficient (Wildman–Crippen LogP) is 1.26. The number of rotatable bonds is 2. The van der Waals surface area contributed by atoms with E-state index in [-0.39, 0.29) is 5.54 Å². The first kappa shape index (κ1) is 8.47. The molecule has 0 fully saturated rings. The maximum absolute atomic E-state index is 10.3. The number of nitrogens with zero attached hydrogens (tertiary/aromatic N) is 1. The van der Waals surface area contributed by atoms with Crippen LogP contribution in [0.3, 0.4) is 0 Å². The summed E-state index contributed by atoms with van der Waals surface area (Å²) in [7, 11) is 0. The summed E-state index contributed by atoms with van der Waals surface area (Å²) in [5, 5.41) is 0. The number of hydrogen-bond donors (Lipinski definition) is 0. The van der Waals surface area contributed by atoms with Crippen LogP contribution < -0.4 is 0 Å². The highest BCUT2D eigenvalue weighted by atomic mass is 16.1. The van der Waals surface area contributed by atoms with Crippen molar-refractivity contribution in [3.8, 4) is 0 Å². The van der Waals surface area contributed by atoms with Crippen LogP contribution in [0.4, 0.5) is 0 Å². The summed E-state index contributed by atoms with van der Waals surface area (Å²) in [6.07, 6.45) is 0.889. The van der Waals surface area contributed by atoms with Gasteiger partial charge in [0.2, 0.25) is 6.41 Å². The lowest BCUT2D eigenvalue weighted by molar-refractivity contribution is -0.122. The molecule has 0 aromatic rings. The fraction of sp³-hybridized carbons (Fsp3) is 0.857. The second-order valence-electron chi connectivity index (χ2n) is 3.06. The Kier molecular flexibility index (Phi) is 2.68. The summed E-state index contributed by atoms with van der Waals surface area (Å²) in [6.45, 7) is 8.81. The highest BCUT2D eigenvalue weighted by molar-refractivity contribution is 5.48.